The highest BCUT2D eigenvalue weighted by Crippen LogP contribution is 2.17. The molecule has 1 atom stereocenters. The van der Waals surface area contributed by atoms with Crippen LogP contribution in [0.1, 0.15) is 18.4 Å². The Morgan fingerprint density at radius 3 is 2.81 bits per heavy atom. The van der Waals surface area contributed by atoms with E-state index in [9.17, 15) is 4.79 Å². The summed E-state index contributed by atoms with van der Waals surface area (Å²) in [6, 6.07) is 8.73. The van der Waals surface area contributed by atoms with Crippen molar-refractivity contribution in [2.45, 2.75) is 26.4 Å². The number of carbonyl (C=O) groups is 1. The lowest BCUT2D eigenvalue weighted by Crippen LogP contribution is -2.39. The van der Waals surface area contributed by atoms with E-state index in [1.165, 1.54) is 0 Å². The fourth-order valence-electron chi connectivity index (χ4n) is 1.93. The molecule has 6 heteroatoms. The Kier molecular flexibility index (Phi) is 4.59. The quantitative estimate of drug-likeness (QED) is 0.822. The highest BCUT2D eigenvalue weighted by Gasteiger charge is 2.19. The van der Waals surface area contributed by atoms with E-state index in [0.717, 1.165) is 11.5 Å². The van der Waals surface area contributed by atoms with Gasteiger partial charge in [0.2, 0.25) is 5.91 Å². The van der Waals surface area contributed by atoms with Gasteiger partial charge in [-0.15, -0.1) is 0 Å². The number of rotatable bonds is 5. The van der Waals surface area contributed by atoms with Gasteiger partial charge in [-0.05, 0) is 33.0 Å². The Bertz CT molecular complexity index is 624. The third-order valence-electron chi connectivity index (χ3n) is 3.35. The fraction of sp³-hybridized carbons (Fsp3) is 0.333. The number of aromatic nitrogens is 1. The van der Waals surface area contributed by atoms with Crippen LogP contribution in [0.3, 0.4) is 0 Å². The molecule has 0 fully saturated rings. The molecule has 2 aromatic rings. The predicted molar refractivity (Wildman–Crippen MR) is 81.7 cm³/mol. The Balaban J connectivity index is 1.97. The van der Waals surface area contributed by atoms with Crippen molar-refractivity contribution in [3.8, 4) is 0 Å². The maximum atomic E-state index is 12.2. The number of hydrogen-bond donors (Lipinski definition) is 2. The zero-order valence-electron chi connectivity index (χ0n) is 12.5. The number of anilines is 2. The summed E-state index contributed by atoms with van der Waals surface area (Å²) in [5.41, 5.74) is 7.79. The van der Waals surface area contributed by atoms with E-state index in [4.69, 9.17) is 10.3 Å². The molecular weight excluding hydrogens is 268 g/mol. The van der Waals surface area contributed by atoms with Crippen LogP contribution in [0.4, 0.5) is 11.4 Å². The Hall–Kier alpha value is -2.34. The molecule has 0 saturated carbocycles. The molecule has 0 radical (unpaired) electrons. The Labute approximate surface area is 123 Å². The van der Waals surface area contributed by atoms with E-state index in [-0.39, 0.29) is 11.9 Å². The second kappa shape index (κ2) is 6.41. The first-order valence-corrected chi connectivity index (χ1v) is 6.75. The molecule has 1 aromatic heterocycles. The minimum Gasteiger partial charge on any atom is -0.397 e. The minimum atomic E-state index is -0.318. The van der Waals surface area contributed by atoms with Crippen molar-refractivity contribution in [2.24, 2.45) is 0 Å². The van der Waals surface area contributed by atoms with Crippen LogP contribution in [-0.4, -0.2) is 29.1 Å². The van der Waals surface area contributed by atoms with Crippen LogP contribution in [0.5, 0.6) is 0 Å². The normalized spacial score (nSPS) is 12.4. The molecule has 1 unspecified atom stereocenters. The van der Waals surface area contributed by atoms with Crippen molar-refractivity contribution in [1.82, 2.24) is 10.1 Å². The van der Waals surface area contributed by atoms with E-state index in [1.54, 1.807) is 12.1 Å². The van der Waals surface area contributed by atoms with E-state index < -0.39 is 0 Å². The number of nitrogens with zero attached hydrogens (tertiary/aromatic N) is 2. The number of amides is 1. The first-order valence-electron chi connectivity index (χ1n) is 6.75. The average Bonchev–Trinajstić information content (AvgIpc) is 2.85. The lowest BCUT2D eigenvalue weighted by Gasteiger charge is -2.23. The molecule has 0 spiro atoms. The van der Waals surface area contributed by atoms with Crippen LogP contribution >= 0.6 is 0 Å². The maximum Gasteiger partial charge on any atom is 0.241 e. The number of hydrogen-bond acceptors (Lipinski definition) is 5. The van der Waals surface area contributed by atoms with Crippen LogP contribution in [0.25, 0.3) is 0 Å². The van der Waals surface area contributed by atoms with Gasteiger partial charge in [0.25, 0.3) is 0 Å². The second-order valence-electron chi connectivity index (χ2n) is 5.10. The molecule has 0 saturated heterocycles. The Morgan fingerprint density at radius 2 is 2.19 bits per heavy atom. The molecule has 0 aliphatic carbocycles. The van der Waals surface area contributed by atoms with Crippen molar-refractivity contribution in [3.63, 3.8) is 0 Å². The summed E-state index contributed by atoms with van der Waals surface area (Å²) >= 11 is 0. The van der Waals surface area contributed by atoms with Crippen molar-refractivity contribution >= 4 is 17.3 Å². The standard InChI is InChI=1S/C15H20N4O2/c1-10-8-12(18-21-10)9-19(3)11(2)15(20)17-14-7-5-4-6-13(14)16/h4-8,11H,9,16H2,1-3H3,(H,17,20). The zero-order valence-corrected chi connectivity index (χ0v) is 12.5. The van der Waals surface area contributed by atoms with Crippen LogP contribution in [-0.2, 0) is 11.3 Å². The molecule has 1 heterocycles. The molecule has 1 amide bonds. The first-order chi connectivity index (χ1) is 9.97. The van der Waals surface area contributed by atoms with Crippen LogP contribution in [0, 0.1) is 6.92 Å². The summed E-state index contributed by atoms with van der Waals surface area (Å²) in [4.78, 5) is 14.1. The number of benzene rings is 1. The number of aryl methyl sites for hydroxylation is 1. The van der Waals surface area contributed by atoms with Gasteiger partial charge in [0.05, 0.1) is 23.1 Å². The molecule has 21 heavy (non-hydrogen) atoms. The number of nitrogen functional groups attached to an aromatic ring is 1. The molecule has 0 aliphatic heterocycles. The highest BCUT2D eigenvalue weighted by molar-refractivity contribution is 5.96. The van der Waals surface area contributed by atoms with Crippen molar-refractivity contribution in [2.75, 3.05) is 18.1 Å². The summed E-state index contributed by atoms with van der Waals surface area (Å²) in [6.07, 6.45) is 0. The lowest BCUT2D eigenvalue weighted by atomic mass is 10.2. The van der Waals surface area contributed by atoms with Gasteiger partial charge in [0.15, 0.2) is 0 Å². The summed E-state index contributed by atoms with van der Waals surface area (Å²) in [6.45, 7) is 4.21. The fourth-order valence-corrected chi connectivity index (χ4v) is 1.93. The van der Waals surface area contributed by atoms with E-state index in [1.807, 2.05) is 44.0 Å². The molecule has 3 N–H and O–H groups in total. The largest absolute Gasteiger partial charge is 0.397 e. The van der Waals surface area contributed by atoms with E-state index in [0.29, 0.717) is 17.9 Å². The molecular formula is C15H20N4O2. The maximum absolute atomic E-state index is 12.2. The molecule has 1 aromatic carbocycles. The molecule has 6 nitrogen and oxygen atoms in total. The van der Waals surface area contributed by atoms with Crippen LogP contribution < -0.4 is 11.1 Å². The van der Waals surface area contributed by atoms with Gasteiger partial charge < -0.3 is 15.6 Å². The third-order valence-corrected chi connectivity index (χ3v) is 3.35. The number of carbonyl (C=O) groups excluding carboxylic acids is 1. The topological polar surface area (TPSA) is 84.4 Å². The second-order valence-corrected chi connectivity index (χ2v) is 5.10. The van der Waals surface area contributed by atoms with Crippen molar-refractivity contribution < 1.29 is 9.32 Å². The van der Waals surface area contributed by atoms with Crippen molar-refractivity contribution in [1.29, 1.82) is 0 Å². The van der Waals surface area contributed by atoms with E-state index >= 15 is 0 Å². The molecule has 2 rings (SSSR count). The summed E-state index contributed by atoms with van der Waals surface area (Å²) < 4.78 is 5.02. The third kappa shape index (κ3) is 3.82. The van der Waals surface area contributed by atoms with Gasteiger partial charge in [0, 0.05) is 12.6 Å². The number of likely N-dealkylation sites (N-methyl/N-ethyl adjacent to an activating group) is 1. The molecule has 0 bridgehead atoms. The monoisotopic (exact) mass is 288 g/mol. The highest BCUT2D eigenvalue weighted by atomic mass is 16.5. The van der Waals surface area contributed by atoms with Crippen molar-refractivity contribution in [3.05, 3.63) is 41.8 Å². The SMILES string of the molecule is Cc1cc(CN(C)C(C)C(=O)Nc2ccccc2N)no1. The minimum absolute atomic E-state index is 0.115. The van der Waals surface area contributed by atoms with Gasteiger partial charge >= 0.3 is 0 Å². The predicted octanol–water partition coefficient (Wildman–Crippen LogP) is 2.02. The summed E-state index contributed by atoms with van der Waals surface area (Å²) in [5, 5.41) is 6.76. The lowest BCUT2D eigenvalue weighted by molar-refractivity contribution is -0.120. The number of para-hydroxylation sites is 2. The molecule has 0 aliphatic rings. The van der Waals surface area contributed by atoms with Gasteiger partial charge in [-0.2, -0.15) is 0 Å². The van der Waals surface area contributed by atoms with Crippen LogP contribution in [0.15, 0.2) is 34.9 Å². The average molecular weight is 288 g/mol. The number of nitrogens with two attached hydrogens (primary N) is 1. The van der Waals surface area contributed by atoms with Gasteiger partial charge in [-0.3, -0.25) is 9.69 Å². The van der Waals surface area contributed by atoms with Gasteiger partial charge in [-0.1, -0.05) is 17.3 Å². The zero-order chi connectivity index (χ0) is 15.4. The van der Waals surface area contributed by atoms with Crippen LogP contribution in [0.2, 0.25) is 0 Å². The first kappa shape index (κ1) is 15.1. The number of nitrogens with one attached hydrogen (secondary N) is 1. The van der Waals surface area contributed by atoms with Gasteiger partial charge in [0.1, 0.15) is 5.76 Å². The summed E-state index contributed by atoms with van der Waals surface area (Å²) in [5.74, 6) is 0.642. The van der Waals surface area contributed by atoms with E-state index in [2.05, 4.69) is 10.5 Å². The Morgan fingerprint density at radius 1 is 1.48 bits per heavy atom. The molecule has 112 valence electrons. The van der Waals surface area contributed by atoms with Gasteiger partial charge in [-0.25, -0.2) is 0 Å². The summed E-state index contributed by atoms with van der Waals surface area (Å²) in [7, 11) is 1.86. The smallest absolute Gasteiger partial charge is 0.241 e.